The molecule has 2 saturated heterocycles. The predicted octanol–water partition coefficient (Wildman–Crippen LogP) is 1.95. The first-order valence-electron chi connectivity index (χ1n) is 9.42. The van der Waals surface area contributed by atoms with E-state index in [4.69, 9.17) is 4.74 Å². The van der Waals surface area contributed by atoms with Crippen LogP contribution in [0.4, 0.5) is 0 Å². The summed E-state index contributed by atoms with van der Waals surface area (Å²) in [5, 5.41) is 1.74. The molecule has 0 aliphatic carbocycles. The number of carbonyl (C=O) groups excluding carboxylic acids is 2. The summed E-state index contributed by atoms with van der Waals surface area (Å²) in [4.78, 5) is 26.5. The van der Waals surface area contributed by atoms with E-state index in [1.165, 1.54) is 15.6 Å². The minimum Gasteiger partial charge on any atom is -0.466 e. The summed E-state index contributed by atoms with van der Waals surface area (Å²) in [6, 6.07) is 3.32. The minimum atomic E-state index is -3.52. The van der Waals surface area contributed by atoms with Crippen LogP contribution in [0.25, 0.3) is 0 Å². The van der Waals surface area contributed by atoms with E-state index in [1.807, 2.05) is 0 Å². The summed E-state index contributed by atoms with van der Waals surface area (Å²) in [6.07, 6.45) is 2.59. The smallest absolute Gasteiger partial charge is 0.309 e. The number of sulfonamides is 1. The first-order chi connectivity index (χ1) is 12.9. The number of thiophene rings is 1. The Balaban J connectivity index is 1.59. The van der Waals surface area contributed by atoms with Crippen molar-refractivity contribution in [2.75, 3.05) is 32.8 Å². The number of amides is 1. The molecular formula is C18H26N2O5S2. The minimum absolute atomic E-state index is 0.00314. The van der Waals surface area contributed by atoms with Crippen molar-refractivity contribution in [1.29, 1.82) is 0 Å². The molecule has 150 valence electrons. The number of hydrogen-bond donors (Lipinski definition) is 0. The Hall–Kier alpha value is -1.45. The molecule has 0 saturated carbocycles. The van der Waals surface area contributed by atoms with Crippen LogP contribution in [0, 0.1) is 11.8 Å². The van der Waals surface area contributed by atoms with Gasteiger partial charge in [0.15, 0.2) is 0 Å². The van der Waals surface area contributed by atoms with Crippen LogP contribution in [0.1, 0.15) is 32.6 Å². The Kier molecular flexibility index (Phi) is 6.54. The van der Waals surface area contributed by atoms with Gasteiger partial charge in [0.25, 0.3) is 10.0 Å². The quantitative estimate of drug-likeness (QED) is 0.688. The van der Waals surface area contributed by atoms with Crippen LogP contribution >= 0.6 is 11.3 Å². The highest BCUT2D eigenvalue weighted by Gasteiger charge is 2.37. The van der Waals surface area contributed by atoms with E-state index in [0.717, 1.165) is 0 Å². The summed E-state index contributed by atoms with van der Waals surface area (Å²) in [6.45, 7) is 3.89. The highest BCUT2D eigenvalue weighted by atomic mass is 32.2. The molecule has 1 aromatic rings. The van der Waals surface area contributed by atoms with Crippen LogP contribution in [-0.4, -0.2) is 62.3 Å². The number of esters is 1. The van der Waals surface area contributed by atoms with E-state index in [2.05, 4.69) is 0 Å². The number of ether oxygens (including phenoxy) is 1. The molecule has 1 unspecified atom stereocenters. The SMILES string of the molecule is CCOC(=O)C1CCN(C(=O)C2CCCN(S(=O)(=O)c3cccs3)C2)CC1. The van der Waals surface area contributed by atoms with Crippen molar-refractivity contribution in [3.63, 3.8) is 0 Å². The van der Waals surface area contributed by atoms with Gasteiger partial charge in [-0.3, -0.25) is 9.59 Å². The van der Waals surface area contributed by atoms with E-state index in [-0.39, 0.29) is 30.3 Å². The number of rotatable bonds is 5. The van der Waals surface area contributed by atoms with E-state index in [0.29, 0.717) is 56.1 Å². The summed E-state index contributed by atoms with van der Waals surface area (Å²) in [5.74, 6) is -0.637. The van der Waals surface area contributed by atoms with Crippen LogP contribution in [-0.2, 0) is 24.3 Å². The Morgan fingerprint density at radius 3 is 2.56 bits per heavy atom. The predicted molar refractivity (Wildman–Crippen MR) is 102 cm³/mol. The molecule has 27 heavy (non-hydrogen) atoms. The third-order valence-corrected chi connectivity index (χ3v) is 8.49. The molecule has 2 aliphatic rings. The topological polar surface area (TPSA) is 84.0 Å². The summed E-state index contributed by atoms with van der Waals surface area (Å²) in [5.41, 5.74) is 0. The zero-order valence-electron chi connectivity index (χ0n) is 15.5. The molecule has 0 N–H and O–H groups in total. The molecule has 3 rings (SSSR count). The molecule has 1 aromatic heterocycles. The number of likely N-dealkylation sites (tertiary alicyclic amines) is 1. The maximum Gasteiger partial charge on any atom is 0.309 e. The Bertz CT molecular complexity index is 755. The van der Waals surface area contributed by atoms with Gasteiger partial charge in [0, 0.05) is 26.2 Å². The van der Waals surface area contributed by atoms with E-state index in [1.54, 1.807) is 29.3 Å². The lowest BCUT2D eigenvalue weighted by Gasteiger charge is -2.36. The van der Waals surface area contributed by atoms with Gasteiger partial charge in [-0.05, 0) is 44.1 Å². The van der Waals surface area contributed by atoms with Crippen molar-refractivity contribution < 1.29 is 22.7 Å². The van der Waals surface area contributed by atoms with Crippen LogP contribution < -0.4 is 0 Å². The molecule has 0 aromatic carbocycles. The maximum atomic E-state index is 12.9. The van der Waals surface area contributed by atoms with Crippen molar-refractivity contribution in [2.24, 2.45) is 11.8 Å². The Morgan fingerprint density at radius 1 is 1.19 bits per heavy atom. The van der Waals surface area contributed by atoms with Crippen LogP contribution in [0.5, 0.6) is 0 Å². The lowest BCUT2D eigenvalue weighted by atomic mass is 9.93. The number of nitrogens with zero attached hydrogens (tertiary/aromatic N) is 2. The highest BCUT2D eigenvalue weighted by Crippen LogP contribution is 2.28. The number of carbonyl (C=O) groups is 2. The second kappa shape index (κ2) is 8.70. The van der Waals surface area contributed by atoms with Crippen molar-refractivity contribution in [3.8, 4) is 0 Å². The van der Waals surface area contributed by atoms with Crippen molar-refractivity contribution in [2.45, 2.75) is 36.8 Å². The zero-order chi connectivity index (χ0) is 19.4. The molecule has 7 nitrogen and oxygen atoms in total. The first kappa shape index (κ1) is 20.3. The average Bonchev–Trinajstić information content (AvgIpc) is 3.23. The summed E-state index contributed by atoms with van der Waals surface area (Å²) in [7, 11) is -3.52. The number of hydrogen-bond acceptors (Lipinski definition) is 6. The largest absolute Gasteiger partial charge is 0.466 e. The van der Waals surface area contributed by atoms with E-state index >= 15 is 0 Å². The van der Waals surface area contributed by atoms with Crippen LogP contribution in [0.3, 0.4) is 0 Å². The molecule has 1 amide bonds. The fourth-order valence-corrected chi connectivity index (χ4v) is 6.42. The average molecular weight is 415 g/mol. The molecule has 0 radical (unpaired) electrons. The molecule has 9 heteroatoms. The number of piperidine rings is 2. The zero-order valence-corrected chi connectivity index (χ0v) is 17.1. The van der Waals surface area contributed by atoms with Crippen molar-refractivity contribution in [1.82, 2.24) is 9.21 Å². The fourth-order valence-electron chi connectivity index (χ4n) is 3.75. The molecule has 0 spiro atoms. The van der Waals surface area contributed by atoms with Gasteiger partial charge in [0.1, 0.15) is 4.21 Å². The molecule has 2 fully saturated rings. The monoisotopic (exact) mass is 414 g/mol. The maximum absolute atomic E-state index is 12.9. The molecule has 2 aliphatic heterocycles. The Morgan fingerprint density at radius 2 is 1.93 bits per heavy atom. The van der Waals surface area contributed by atoms with Gasteiger partial charge in [-0.2, -0.15) is 4.31 Å². The van der Waals surface area contributed by atoms with Gasteiger partial charge in [-0.25, -0.2) is 8.42 Å². The van der Waals surface area contributed by atoms with E-state index in [9.17, 15) is 18.0 Å². The van der Waals surface area contributed by atoms with Gasteiger partial charge in [-0.15, -0.1) is 11.3 Å². The third-order valence-electron chi connectivity index (χ3n) is 5.25. The van der Waals surface area contributed by atoms with Crippen LogP contribution in [0.2, 0.25) is 0 Å². The third kappa shape index (κ3) is 4.52. The lowest BCUT2D eigenvalue weighted by Crippen LogP contribution is -2.49. The first-order valence-corrected chi connectivity index (χ1v) is 11.7. The second-order valence-corrected chi connectivity index (χ2v) is 10.1. The lowest BCUT2D eigenvalue weighted by molar-refractivity contribution is -0.152. The molecular weight excluding hydrogens is 388 g/mol. The van der Waals surface area contributed by atoms with Gasteiger partial charge in [0.05, 0.1) is 18.4 Å². The summed E-state index contributed by atoms with van der Waals surface area (Å²) < 4.78 is 32.3. The van der Waals surface area contributed by atoms with Gasteiger partial charge in [-0.1, -0.05) is 6.07 Å². The van der Waals surface area contributed by atoms with Gasteiger partial charge in [0.2, 0.25) is 5.91 Å². The standard InChI is InChI=1S/C18H26N2O5S2/c1-2-25-18(22)14-7-10-19(11-8-14)17(21)15-5-3-9-20(13-15)27(23,24)16-6-4-12-26-16/h4,6,12,14-15H,2-3,5,7-11,13H2,1H3. The second-order valence-electron chi connectivity index (χ2n) is 6.99. The summed E-state index contributed by atoms with van der Waals surface area (Å²) >= 11 is 1.20. The Labute approximate surface area is 164 Å². The van der Waals surface area contributed by atoms with Crippen LogP contribution in [0.15, 0.2) is 21.7 Å². The fraction of sp³-hybridized carbons (Fsp3) is 0.667. The van der Waals surface area contributed by atoms with Gasteiger partial charge >= 0.3 is 5.97 Å². The van der Waals surface area contributed by atoms with E-state index < -0.39 is 10.0 Å². The molecule has 1 atom stereocenters. The molecule has 3 heterocycles. The van der Waals surface area contributed by atoms with Gasteiger partial charge < -0.3 is 9.64 Å². The van der Waals surface area contributed by atoms with Crippen molar-refractivity contribution >= 4 is 33.2 Å². The highest BCUT2D eigenvalue weighted by molar-refractivity contribution is 7.91. The van der Waals surface area contributed by atoms with Crippen molar-refractivity contribution in [3.05, 3.63) is 17.5 Å². The molecule has 0 bridgehead atoms. The normalized spacial score (nSPS) is 22.6.